The SMILES string of the molecule is Cc1cc(-c2cccc3oc4ncccc4c23)ccc1-c1cccc[n+]1C. The molecule has 5 rings (SSSR count). The average molecular weight is 351 g/mol. The molecule has 0 N–H and O–H groups in total. The highest BCUT2D eigenvalue weighted by Gasteiger charge is 2.15. The van der Waals surface area contributed by atoms with Gasteiger partial charge < -0.3 is 4.42 Å². The minimum atomic E-state index is 0.685. The first-order valence-electron chi connectivity index (χ1n) is 9.05. The minimum absolute atomic E-state index is 0.685. The van der Waals surface area contributed by atoms with Crippen molar-refractivity contribution in [2.75, 3.05) is 0 Å². The van der Waals surface area contributed by atoms with Crippen molar-refractivity contribution in [3.8, 4) is 22.4 Å². The molecular formula is C24H19N2O+. The Kier molecular flexibility index (Phi) is 3.54. The largest absolute Gasteiger partial charge is 0.438 e. The average Bonchev–Trinajstić information content (AvgIpc) is 3.07. The van der Waals surface area contributed by atoms with Crippen LogP contribution in [-0.4, -0.2) is 4.98 Å². The number of benzene rings is 2. The number of pyridine rings is 2. The van der Waals surface area contributed by atoms with Crippen molar-refractivity contribution >= 4 is 22.1 Å². The van der Waals surface area contributed by atoms with Gasteiger partial charge in [0.1, 0.15) is 12.6 Å². The molecule has 3 heterocycles. The number of nitrogens with zero attached hydrogens (tertiary/aromatic N) is 2. The van der Waals surface area contributed by atoms with E-state index in [1.54, 1.807) is 6.20 Å². The maximum absolute atomic E-state index is 5.94. The zero-order valence-electron chi connectivity index (χ0n) is 15.3. The normalized spacial score (nSPS) is 11.3. The fraction of sp³-hybridized carbons (Fsp3) is 0.0833. The van der Waals surface area contributed by atoms with Gasteiger partial charge in [-0.15, -0.1) is 0 Å². The molecule has 3 nitrogen and oxygen atoms in total. The Morgan fingerprint density at radius 1 is 0.889 bits per heavy atom. The summed E-state index contributed by atoms with van der Waals surface area (Å²) >= 11 is 0. The molecule has 0 aliphatic heterocycles. The zero-order valence-corrected chi connectivity index (χ0v) is 15.3. The molecule has 0 radical (unpaired) electrons. The van der Waals surface area contributed by atoms with E-state index in [1.807, 2.05) is 24.3 Å². The molecule has 5 aromatic rings. The molecule has 2 aromatic carbocycles. The fourth-order valence-corrected chi connectivity index (χ4v) is 3.82. The van der Waals surface area contributed by atoms with Crippen molar-refractivity contribution in [2.24, 2.45) is 7.05 Å². The van der Waals surface area contributed by atoms with Crippen molar-refractivity contribution < 1.29 is 8.98 Å². The Morgan fingerprint density at radius 2 is 1.81 bits per heavy atom. The second kappa shape index (κ2) is 6.06. The molecular weight excluding hydrogens is 332 g/mol. The molecule has 0 spiro atoms. The second-order valence-corrected chi connectivity index (χ2v) is 6.86. The fourth-order valence-electron chi connectivity index (χ4n) is 3.82. The third-order valence-corrected chi connectivity index (χ3v) is 5.14. The van der Waals surface area contributed by atoms with Gasteiger partial charge in [-0.2, -0.15) is 0 Å². The van der Waals surface area contributed by atoms with Crippen LogP contribution < -0.4 is 4.57 Å². The van der Waals surface area contributed by atoms with Crippen molar-refractivity contribution in [3.05, 3.63) is 84.7 Å². The van der Waals surface area contributed by atoms with Crippen LogP contribution in [0.4, 0.5) is 0 Å². The van der Waals surface area contributed by atoms with E-state index in [0.29, 0.717) is 5.71 Å². The number of aromatic nitrogens is 2. The van der Waals surface area contributed by atoms with Crippen LogP contribution in [0.2, 0.25) is 0 Å². The quantitative estimate of drug-likeness (QED) is 0.396. The zero-order chi connectivity index (χ0) is 18.4. The van der Waals surface area contributed by atoms with Crippen molar-refractivity contribution in [2.45, 2.75) is 6.92 Å². The molecule has 0 saturated carbocycles. The van der Waals surface area contributed by atoms with Gasteiger partial charge in [-0.25, -0.2) is 9.55 Å². The lowest BCUT2D eigenvalue weighted by Gasteiger charge is -2.09. The third kappa shape index (κ3) is 2.51. The number of rotatable bonds is 2. The van der Waals surface area contributed by atoms with Gasteiger partial charge in [-0.1, -0.05) is 24.3 Å². The van der Waals surface area contributed by atoms with Gasteiger partial charge in [0.2, 0.25) is 11.4 Å². The Balaban J connectivity index is 1.72. The summed E-state index contributed by atoms with van der Waals surface area (Å²) in [4.78, 5) is 4.36. The lowest BCUT2D eigenvalue weighted by Crippen LogP contribution is -2.30. The maximum Gasteiger partial charge on any atom is 0.227 e. The van der Waals surface area contributed by atoms with Crippen LogP contribution in [0.5, 0.6) is 0 Å². The van der Waals surface area contributed by atoms with Gasteiger partial charge in [0.25, 0.3) is 0 Å². The number of fused-ring (bicyclic) bond motifs is 3. The molecule has 0 unspecified atom stereocenters. The van der Waals surface area contributed by atoms with Gasteiger partial charge >= 0.3 is 0 Å². The molecule has 3 aromatic heterocycles. The number of furan rings is 1. The smallest absolute Gasteiger partial charge is 0.227 e. The molecule has 0 atom stereocenters. The predicted molar refractivity (Wildman–Crippen MR) is 108 cm³/mol. The Bertz CT molecular complexity index is 1300. The molecule has 130 valence electrons. The van der Waals surface area contributed by atoms with E-state index >= 15 is 0 Å². The van der Waals surface area contributed by atoms with E-state index in [9.17, 15) is 0 Å². The van der Waals surface area contributed by atoms with E-state index in [2.05, 4.69) is 72.2 Å². The summed E-state index contributed by atoms with van der Waals surface area (Å²) in [5.74, 6) is 0. The van der Waals surface area contributed by atoms with E-state index in [-0.39, 0.29) is 0 Å². The van der Waals surface area contributed by atoms with Crippen molar-refractivity contribution in [1.82, 2.24) is 4.98 Å². The van der Waals surface area contributed by atoms with Crippen molar-refractivity contribution in [1.29, 1.82) is 0 Å². The molecule has 0 saturated heterocycles. The van der Waals surface area contributed by atoms with Gasteiger partial charge in [0.05, 0.1) is 0 Å². The molecule has 0 bridgehead atoms. The Morgan fingerprint density at radius 3 is 2.67 bits per heavy atom. The van der Waals surface area contributed by atoms with Crippen LogP contribution in [-0.2, 0) is 7.05 Å². The highest BCUT2D eigenvalue weighted by molar-refractivity contribution is 6.11. The monoisotopic (exact) mass is 351 g/mol. The summed E-state index contributed by atoms with van der Waals surface area (Å²) in [6.07, 6.45) is 3.84. The molecule has 27 heavy (non-hydrogen) atoms. The summed E-state index contributed by atoms with van der Waals surface area (Å²) in [6.45, 7) is 2.17. The first-order chi connectivity index (χ1) is 13.2. The van der Waals surface area contributed by atoms with E-state index in [1.165, 1.54) is 27.9 Å². The van der Waals surface area contributed by atoms with E-state index in [4.69, 9.17) is 4.42 Å². The molecule has 3 heteroatoms. The van der Waals surface area contributed by atoms with Crippen molar-refractivity contribution in [3.63, 3.8) is 0 Å². The molecule has 0 aliphatic carbocycles. The lowest BCUT2D eigenvalue weighted by molar-refractivity contribution is -0.660. The first-order valence-corrected chi connectivity index (χ1v) is 9.05. The summed E-state index contributed by atoms with van der Waals surface area (Å²) in [5.41, 5.74) is 7.61. The number of hydrogen-bond acceptors (Lipinski definition) is 2. The molecule has 0 aliphatic rings. The summed E-state index contributed by atoms with van der Waals surface area (Å²) in [5, 5.41) is 2.18. The van der Waals surface area contributed by atoms with Crippen LogP contribution in [0, 0.1) is 6.92 Å². The lowest BCUT2D eigenvalue weighted by atomic mass is 9.95. The van der Waals surface area contributed by atoms with Gasteiger partial charge in [-0.05, 0) is 53.9 Å². The van der Waals surface area contributed by atoms with Crippen LogP contribution in [0.15, 0.2) is 83.5 Å². The number of aryl methyl sites for hydroxylation is 2. The molecule has 0 fully saturated rings. The summed E-state index contributed by atoms with van der Waals surface area (Å²) < 4.78 is 8.09. The second-order valence-electron chi connectivity index (χ2n) is 6.86. The summed E-state index contributed by atoms with van der Waals surface area (Å²) in [7, 11) is 2.08. The van der Waals surface area contributed by atoms with Crippen LogP contribution in [0.1, 0.15) is 5.56 Å². The van der Waals surface area contributed by atoms with Gasteiger partial charge in [0, 0.05) is 34.7 Å². The standard InChI is InChI=1S/C24H19N2O/c1-16-15-17(11-12-18(16)21-9-3-4-14-26(21)2)19-7-5-10-22-23(19)20-8-6-13-25-24(20)27-22/h3-15H,1-2H3/q+1. The topological polar surface area (TPSA) is 29.9 Å². The Labute approximate surface area is 157 Å². The highest BCUT2D eigenvalue weighted by Crippen LogP contribution is 2.37. The van der Waals surface area contributed by atoms with Crippen LogP contribution in [0.25, 0.3) is 44.5 Å². The van der Waals surface area contributed by atoms with E-state index < -0.39 is 0 Å². The minimum Gasteiger partial charge on any atom is -0.438 e. The predicted octanol–water partition coefficient (Wildman–Crippen LogP) is 5.45. The Hall–Kier alpha value is -3.46. The summed E-state index contributed by atoms with van der Waals surface area (Å²) in [6, 6.07) is 23.2. The van der Waals surface area contributed by atoms with Gasteiger partial charge in [0.15, 0.2) is 6.20 Å². The molecule has 0 amide bonds. The number of hydrogen-bond donors (Lipinski definition) is 0. The van der Waals surface area contributed by atoms with Crippen LogP contribution >= 0.6 is 0 Å². The van der Waals surface area contributed by atoms with Crippen LogP contribution in [0.3, 0.4) is 0 Å². The first kappa shape index (κ1) is 15.8. The highest BCUT2D eigenvalue weighted by atomic mass is 16.3. The van der Waals surface area contributed by atoms with Gasteiger partial charge in [-0.3, -0.25) is 0 Å². The maximum atomic E-state index is 5.94. The van der Waals surface area contributed by atoms with E-state index in [0.717, 1.165) is 16.4 Å². The third-order valence-electron chi connectivity index (χ3n) is 5.14.